The molecular formula is C12H12BrN7OS. The number of nitrogens with zero attached hydrogens (tertiary/aromatic N) is 4. The zero-order valence-electron chi connectivity index (χ0n) is 11.6. The zero-order valence-corrected chi connectivity index (χ0v) is 14.0. The van der Waals surface area contributed by atoms with Crippen LogP contribution in [0.25, 0.3) is 10.8 Å². The van der Waals surface area contributed by atoms with E-state index < -0.39 is 0 Å². The lowest BCUT2D eigenvalue weighted by Crippen LogP contribution is -2.15. The molecule has 0 bridgehead atoms. The number of halogens is 1. The quantitative estimate of drug-likeness (QED) is 0.626. The van der Waals surface area contributed by atoms with E-state index in [1.165, 1.54) is 17.7 Å². The smallest absolute Gasteiger partial charge is 0.231 e. The number of aryl methyl sites for hydroxylation is 1. The van der Waals surface area contributed by atoms with Gasteiger partial charge in [-0.3, -0.25) is 15.0 Å². The van der Waals surface area contributed by atoms with Crippen LogP contribution in [0.4, 0.5) is 5.82 Å². The molecule has 3 aromatic heterocycles. The van der Waals surface area contributed by atoms with E-state index in [2.05, 4.69) is 51.6 Å². The maximum absolute atomic E-state index is 12.1. The summed E-state index contributed by atoms with van der Waals surface area (Å²) in [5.41, 5.74) is 1.62. The monoisotopic (exact) mass is 381 g/mol. The first-order valence-electron chi connectivity index (χ1n) is 6.50. The first kappa shape index (κ1) is 14.9. The highest BCUT2D eigenvalue weighted by Crippen LogP contribution is 2.24. The van der Waals surface area contributed by atoms with Gasteiger partial charge in [0.2, 0.25) is 5.91 Å². The van der Waals surface area contributed by atoms with Crippen LogP contribution in [0.15, 0.2) is 16.2 Å². The Hall–Kier alpha value is -2.07. The number of hydrogen-bond acceptors (Lipinski definition) is 6. The number of carbonyl (C=O) groups excluding carboxylic acids is 1. The number of aromatic nitrogens is 6. The molecule has 1 amide bonds. The van der Waals surface area contributed by atoms with E-state index in [4.69, 9.17) is 0 Å². The summed E-state index contributed by atoms with van der Waals surface area (Å²) in [6, 6.07) is 0. The van der Waals surface area contributed by atoms with E-state index >= 15 is 0 Å². The van der Waals surface area contributed by atoms with E-state index in [-0.39, 0.29) is 12.3 Å². The van der Waals surface area contributed by atoms with Crippen molar-refractivity contribution in [3.8, 4) is 10.8 Å². The molecular weight excluding hydrogens is 370 g/mol. The van der Waals surface area contributed by atoms with Crippen molar-refractivity contribution in [3.05, 3.63) is 27.6 Å². The van der Waals surface area contributed by atoms with Crippen molar-refractivity contribution in [3.63, 3.8) is 0 Å². The summed E-state index contributed by atoms with van der Waals surface area (Å²) >= 11 is 4.82. The van der Waals surface area contributed by atoms with Gasteiger partial charge < -0.3 is 5.32 Å². The van der Waals surface area contributed by atoms with E-state index in [9.17, 15) is 4.79 Å². The molecule has 0 fully saturated rings. The number of carbonyl (C=O) groups is 1. The lowest BCUT2D eigenvalue weighted by molar-refractivity contribution is -0.115. The average molecular weight is 382 g/mol. The Morgan fingerprint density at radius 1 is 1.45 bits per heavy atom. The van der Waals surface area contributed by atoms with Crippen LogP contribution in [-0.2, 0) is 17.6 Å². The van der Waals surface area contributed by atoms with E-state index in [1.54, 1.807) is 0 Å². The molecule has 8 nitrogen and oxygen atoms in total. The van der Waals surface area contributed by atoms with Crippen LogP contribution in [0, 0.1) is 0 Å². The molecule has 3 N–H and O–H groups in total. The molecule has 3 heterocycles. The Balaban J connectivity index is 1.66. The third-order valence-corrected chi connectivity index (χ3v) is 4.65. The summed E-state index contributed by atoms with van der Waals surface area (Å²) in [4.78, 5) is 20.5. The van der Waals surface area contributed by atoms with Crippen molar-refractivity contribution in [1.82, 2.24) is 30.4 Å². The number of nitrogens with one attached hydrogen (secondary N) is 3. The van der Waals surface area contributed by atoms with Gasteiger partial charge >= 0.3 is 0 Å². The molecule has 3 rings (SSSR count). The van der Waals surface area contributed by atoms with Gasteiger partial charge in [-0.25, -0.2) is 9.97 Å². The number of thiazole rings is 1. The zero-order chi connectivity index (χ0) is 15.5. The molecule has 0 aliphatic carbocycles. The van der Waals surface area contributed by atoms with Crippen LogP contribution >= 0.6 is 27.3 Å². The Kier molecular flexibility index (Phi) is 4.29. The Morgan fingerprint density at radius 3 is 3.00 bits per heavy atom. The Morgan fingerprint density at radius 2 is 2.32 bits per heavy atom. The number of amides is 1. The fourth-order valence-corrected chi connectivity index (χ4v) is 3.15. The summed E-state index contributed by atoms with van der Waals surface area (Å²) in [6.07, 6.45) is 2.39. The fourth-order valence-electron chi connectivity index (χ4n) is 1.83. The summed E-state index contributed by atoms with van der Waals surface area (Å²) < 4.78 is 0.781. The van der Waals surface area contributed by atoms with E-state index in [1.807, 2.05) is 12.3 Å². The molecule has 0 aromatic carbocycles. The molecule has 0 radical (unpaired) electrons. The second kappa shape index (κ2) is 6.36. The summed E-state index contributed by atoms with van der Waals surface area (Å²) in [6.45, 7) is 2.00. The fraction of sp³-hybridized carbons (Fsp3) is 0.250. The van der Waals surface area contributed by atoms with Crippen LogP contribution in [0.3, 0.4) is 0 Å². The van der Waals surface area contributed by atoms with E-state index in [0.717, 1.165) is 16.6 Å². The second-order valence-corrected chi connectivity index (χ2v) is 6.07. The summed E-state index contributed by atoms with van der Waals surface area (Å²) in [5, 5.41) is 18.8. The minimum atomic E-state index is -0.177. The van der Waals surface area contributed by atoms with Gasteiger partial charge in [-0.15, -0.1) is 11.3 Å². The third kappa shape index (κ3) is 3.07. The van der Waals surface area contributed by atoms with Crippen molar-refractivity contribution in [1.29, 1.82) is 0 Å². The van der Waals surface area contributed by atoms with Crippen molar-refractivity contribution in [2.45, 2.75) is 19.8 Å². The molecule has 0 atom stereocenters. The van der Waals surface area contributed by atoms with Crippen LogP contribution in [-0.4, -0.2) is 36.3 Å². The van der Waals surface area contributed by atoms with Crippen molar-refractivity contribution < 1.29 is 4.79 Å². The number of anilines is 1. The van der Waals surface area contributed by atoms with Gasteiger partial charge in [0.25, 0.3) is 0 Å². The largest absolute Gasteiger partial charge is 0.308 e. The summed E-state index contributed by atoms with van der Waals surface area (Å²) in [5.74, 6) is 0.913. The normalized spacial score (nSPS) is 10.8. The maximum Gasteiger partial charge on any atom is 0.231 e. The molecule has 0 saturated carbocycles. The molecule has 3 aromatic rings. The van der Waals surface area contributed by atoms with Crippen LogP contribution in [0.5, 0.6) is 0 Å². The number of H-pyrrole nitrogens is 2. The van der Waals surface area contributed by atoms with Gasteiger partial charge in [0.1, 0.15) is 6.33 Å². The molecule has 0 saturated heterocycles. The van der Waals surface area contributed by atoms with Crippen molar-refractivity contribution in [2.75, 3.05) is 5.32 Å². The molecule has 0 unspecified atom stereocenters. The number of aromatic amines is 2. The van der Waals surface area contributed by atoms with Gasteiger partial charge in [0, 0.05) is 5.38 Å². The maximum atomic E-state index is 12.1. The highest BCUT2D eigenvalue weighted by molar-refractivity contribution is 9.10. The minimum Gasteiger partial charge on any atom is -0.308 e. The highest BCUT2D eigenvalue weighted by Gasteiger charge is 2.14. The number of rotatable bonds is 5. The van der Waals surface area contributed by atoms with E-state index in [0.29, 0.717) is 22.3 Å². The minimum absolute atomic E-state index is 0.172. The van der Waals surface area contributed by atoms with Crippen LogP contribution in [0.1, 0.15) is 18.3 Å². The third-order valence-electron chi connectivity index (χ3n) is 2.90. The van der Waals surface area contributed by atoms with Crippen molar-refractivity contribution >= 4 is 39.0 Å². The van der Waals surface area contributed by atoms with Crippen LogP contribution in [0.2, 0.25) is 0 Å². The molecule has 114 valence electrons. The van der Waals surface area contributed by atoms with Crippen molar-refractivity contribution in [2.24, 2.45) is 0 Å². The Labute approximate surface area is 137 Å². The number of hydrogen-bond donors (Lipinski definition) is 3. The average Bonchev–Trinajstić information content (AvgIpc) is 3.21. The van der Waals surface area contributed by atoms with Gasteiger partial charge in [-0.05, 0) is 22.4 Å². The predicted octanol–water partition coefficient (Wildman–Crippen LogP) is 2.16. The first-order valence-corrected chi connectivity index (χ1v) is 8.17. The molecule has 22 heavy (non-hydrogen) atoms. The van der Waals surface area contributed by atoms with Gasteiger partial charge in [-0.1, -0.05) is 6.92 Å². The van der Waals surface area contributed by atoms with Crippen LogP contribution < -0.4 is 5.32 Å². The first-order chi connectivity index (χ1) is 10.7. The van der Waals surface area contributed by atoms with Gasteiger partial charge in [-0.2, -0.15) is 10.2 Å². The molecule has 0 aliphatic heterocycles. The lowest BCUT2D eigenvalue weighted by atomic mass is 10.3. The predicted molar refractivity (Wildman–Crippen MR) is 85.5 cm³/mol. The lowest BCUT2D eigenvalue weighted by Gasteiger charge is -2.00. The Bertz CT molecular complexity index is 779. The molecule has 0 aliphatic rings. The molecule has 0 spiro atoms. The summed E-state index contributed by atoms with van der Waals surface area (Å²) in [7, 11) is 0. The SMILES string of the molecule is CCc1[nH]nc(NC(=O)Cc2csc(-c3ncn[nH]3)n2)c1Br. The molecule has 10 heteroatoms. The highest BCUT2D eigenvalue weighted by atomic mass is 79.9. The second-order valence-electron chi connectivity index (χ2n) is 4.42. The standard InChI is InChI=1S/C12H12BrN7OS/c1-2-7-9(13)10(20-18-7)17-8(21)3-6-4-22-12(16-6)11-14-5-15-19-11/h4-5H,2-3H2,1H3,(H,14,15,19)(H2,17,18,20,21). The topological polar surface area (TPSA) is 112 Å². The van der Waals surface area contributed by atoms with Gasteiger partial charge in [0.05, 0.1) is 22.3 Å². The van der Waals surface area contributed by atoms with Gasteiger partial charge in [0.15, 0.2) is 16.6 Å².